The van der Waals surface area contributed by atoms with Crippen LogP contribution in [0.3, 0.4) is 0 Å². The fraction of sp³-hybridized carbons (Fsp3) is 0.769. The van der Waals surface area contributed by atoms with Crippen LogP contribution in [-0.2, 0) is 14.3 Å². The second-order valence-electron chi connectivity index (χ2n) is 4.59. The van der Waals surface area contributed by atoms with Crippen molar-refractivity contribution in [3.8, 4) is 0 Å². The number of ether oxygens (including phenoxy) is 2. The van der Waals surface area contributed by atoms with Gasteiger partial charge in [-0.05, 0) is 26.7 Å². The van der Waals surface area contributed by atoms with Gasteiger partial charge in [0.05, 0.1) is 12.7 Å². The zero-order valence-corrected chi connectivity index (χ0v) is 10.3. The van der Waals surface area contributed by atoms with Crippen LogP contribution in [0.15, 0.2) is 12.2 Å². The fourth-order valence-corrected chi connectivity index (χ4v) is 1.82. The molecule has 0 radical (unpaired) electrons. The molecule has 1 aliphatic rings. The lowest BCUT2D eigenvalue weighted by Gasteiger charge is -2.23. The van der Waals surface area contributed by atoms with Crippen molar-refractivity contribution in [3.63, 3.8) is 0 Å². The topological polar surface area (TPSA) is 35.5 Å². The molecule has 0 aromatic rings. The highest BCUT2D eigenvalue weighted by Crippen LogP contribution is 2.20. The normalized spacial score (nSPS) is 19.1. The summed E-state index contributed by atoms with van der Waals surface area (Å²) in [6.07, 6.45) is 6.28. The van der Waals surface area contributed by atoms with E-state index in [4.69, 9.17) is 9.47 Å². The second kappa shape index (κ2) is 6.69. The van der Waals surface area contributed by atoms with Gasteiger partial charge in [-0.2, -0.15) is 0 Å². The molecule has 3 nitrogen and oxygen atoms in total. The van der Waals surface area contributed by atoms with Crippen molar-refractivity contribution in [2.45, 2.75) is 58.2 Å². The van der Waals surface area contributed by atoms with Crippen molar-refractivity contribution >= 4 is 5.97 Å². The van der Waals surface area contributed by atoms with Crippen LogP contribution in [0.5, 0.6) is 0 Å². The monoisotopic (exact) mass is 226 g/mol. The van der Waals surface area contributed by atoms with Crippen LogP contribution in [0.4, 0.5) is 0 Å². The minimum Gasteiger partial charge on any atom is -0.457 e. The summed E-state index contributed by atoms with van der Waals surface area (Å²) in [5, 5.41) is 0. The maximum Gasteiger partial charge on any atom is 0.333 e. The van der Waals surface area contributed by atoms with E-state index in [1.165, 1.54) is 19.3 Å². The van der Waals surface area contributed by atoms with E-state index in [0.717, 1.165) is 12.8 Å². The second-order valence-corrected chi connectivity index (χ2v) is 4.59. The highest BCUT2D eigenvalue weighted by molar-refractivity contribution is 5.87. The first-order valence-electron chi connectivity index (χ1n) is 6.07. The lowest BCUT2D eigenvalue weighted by Crippen LogP contribution is -2.25. The predicted octanol–water partition coefficient (Wildman–Crippen LogP) is 2.84. The molecule has 0 saturated heterocycles. The Kier molecular flexibility index (Phi) is 5.53. The molecule has 0 heterocycles. The highest BCUT2D eigenvalue weighted by Gasteiger charge is 2.16. The molecule has 1 unspecified atom stereocenters. The smallest absolute Gasteiger partial charge is 0.333 e. The van der Waals surface area contributed by atoms with Gasteiger partial charge in [0.15, 0.2) is 0 Å². The minimum atomic E-state index is -0.334. The molecule has 1 saturated carbocycles. The largest absolute Gasteiger partial charge is 0.457 e. The van der Waals surface area contributed by atoms with Gasteiger partial charge in [0.25, 0.3) is 0 Å². The first-order chi connectivity index (χ1) is 7.59. The maximum absolute atomic E-state index is 11.2. The molecule has 16 heavy (non-hydrogen) atoms. The van der Waals surface area contributed by atoms with Crippen LogP contribution in [0, 0.1) is 0 Å². The van der Waals surface area contributed by atoms with Gasteiger partial charge in [0, 0.05) is 5.57 Å². The van der Waals surface area contributed by atoms with Gasteiger partial charge < -0.3 is 9.47 Å². The third-order valence-corrected chi connectivity index (χ3v) is 2.78. The molecule has 0 N–H and O–H groups in total. The molecule has 0 aromatic carbocycles. The summed E-state index contributed by atoms with van der Waals surface area (Å²) in [6.45, 7) is 7.53. The summed E-state index contributed by atoms with van der Waals surface area (Å²) in [5.74, 6) is -0.334. The first kappa shape index (κ1) is 13.2. The van der Waals surface area contributed by atoms with E-state index in [9.17, 15) is 4.79 Å². The van der Waals surface area contributed by atoms with Gasteiger partial charge in [-0.25, -0.2) is 4.79 Å². The van der Waals surface area contributed by atoms with Crippen LogP contribution < -0.4 is 0 Å². The molecule has 1 rings (SSSR count). The van der Waals surface area contributed by atoms with Gasteiger partial charge in [0.2, 0.25) is 0 Å². The summed E-state index contributed by atoms with van der Waals surface area (Å²) in [4.78, 5) is 11.2. The van der Waals surface area contributed by atoms with Crippen molar-refractivity contribution in [1.29, 1.82) is 0 Å². The fourth-order valence-electron chi connectivity index (χ4n) is 1.82. The molecule has 1 atom stereocenters. The Morgan fingerprint density at radius 1 is 1.38 bits per heavy atom. The Bertz CT molecular complexity index is 242. The Hall–Kier alpha value is -0.830. The molecular weight excluding hydrogens is 204 g/mol. The van der Waals surface area contributed by atoms with Crippen molar-refractivity contribution in [2.75, 3.05) is 6.61 Å². The zero-order chi connectivity index (χ0) is 12.0. The molecule has 0 amide bonds. The molecule has 92 valence electrons. The van der Waals surface area contributed by atoms with E-state index in [2.05, 4.69) is 6.58 Å². The number of esters is 1. The Morgan fingerprint density at radius 3 is 2.56 bits per heavy atom. The van der Waals surface area contributed by atoms with Crippen LogP contribution in [0.2, 0.25) is 0 Å². The van der Waals surface area contributed by atoms with Gasteiger partial charge in [-0.1, -0.05) is 25.8 Å². The van der Waals surface area contributed by atoms with Gasteiger partial charge >= 0.3 is 5.97 Å². The number of carbonyl (C=O) groups is 1. The maximum atomic E-state index is 11.2. The third kappa shape index (κ3) is 4.79. The molecule has 1 aliphatic carbocycles. The molecule has 1 fully saturated rings. The van der Waals surface area contributed by atoms with E-state index in [-0.39, 0.29) is 12.1 Å². The van der Waals surface area contributed by atoms with E-state index in [0.29, 0.717) is 18.3 Å². The number of hydrogen-bond acceptors (Lipinski definition) is 3. The van der Waals surface area contributed by atoms with Crippen molar-refractivity contribution in [2.24, 2.45) is 0 Å². The molecule has 0 bridgehead atoms. The SMILES string of the molecule is C=C(C)C(=O)OC(C)COC1CCCCC1. The standard InChI is InChI=1S/C13H22O3/c1-10(2)13(14)16-11(3)9-15-12-7-5-4-6-8-12/h11-12H,1,4-9H2,2-3H3. The average Bonchev–Trinajstić information content (AvgIpc) is 2.27. The lowest BCUT2D eigenvalue weighted by molar-refractivity contribution is -0.147. The zero-order valence-electron chi connectivity index (χ0n) is 10.3. The molecule has 0 aliphatic heterocycles. The summed E-state index contributed by atoms with van der Waals surface area (Å²) in [6, 6.07) is 0. The van der Waals surface area contributed by atoms with E-state index in [1.807, 2.05) is 6.92 Å². The number of hydrogen-bond donors (Lipinski definition) is 0. The predicted molar refractivity (Wildman–Crippen MR) is 63.2 cm³/mol. The highest BCUT2D eigenvalue weighted by atomic mass is 16.6. The van der Waals surface area contributed by atoms with E-state index < -0.39 is 0 Å². The Morgan fingerprint density at radius 2 is 2.00 bits per heavy atom. The van der Waals surface area contributed by atoms with Gasteiger partial charge in [-0.3, -0.25) is 0 Å². The number of rotatable bonds is 5. The van der Waals surface area contributed by atoms with Crippen LogP contribution in [0.25, 0.3) is 0 Å². The van der Waals surface area contributed by atoms with Crippen LogP contribution in [-0.4, -0.2) is 24.8 Å². The molecule has 0 spiro atoms. The number of carbonyl (C=O) groups excluding carboxylic acids is 1. The summed E-state index contributed by atoms with van der Waals surface area (Å²) < 4.78 is 10.9. The first-order valence-corrected chi connectivity index (χ1v) is 6.07. The van der Waals surface area contributed by atoms with Crippen molar-refractivity contribution in [3.05, 3.63) is 12.2 Å². The summed E-state index contributed by atoms with van der Waals surface area (Å²) in [7, 11) is 0. The Labute approximate surface area is 97.8 Å². The van der Waals surface area contributed by atoms with Crippen molar-refractivity contribution < 1.29 is 14.3 Å². The molecular formula is C13H22O3. The quantitative estimate of drug-likeness (QED) is 0.534. The van der Waals surface area contributed by atoms with Crippen molar-refractivity contribution in [1.82, 2.24) is 0 Å². The minimum absolute atomic E-state index is 0.189. The Balaban J connectivity index is 2.16. The lowest BCUT2D eigenvalue weighted by atomic mass is 9.98. The average molecular weight is 226 g/mol. The van der Waals surface area contributed by atoms with Crippen LogP contribution in [0.1, 0.15) is 46.0 Å². The van der Waals surface area contributed by atoms with E-state index in [1.54, 1.807) is 6.92 Å². The van der Waals surface area contributed by atoms with Crippen LogP contribution >= 0.6 is 0 Å². The third-order valence-electron chi connectivity index (χ3n) is 2.78. The molecule has 0 aromatic heterocycles. The van der Waals surface area contributed by atoms with Gasteiger partial charge in [-0.15, -0.1) is 0 Å². The summed E-state index contributed by atoms with van der Waals surface area (Å²) in [5.41, 5.74) is 0.435. The van der Waals surface area contributed by atoms with E-state index >= 15 is 0 Å². The summed E-state index contributed by atoms with van der Waals surface area (Å²) >= 11 is 0. The molecule has 3 heteroatoms. The van der Waals surface area contributed by atoms with Gasteiger partial charge in [0.1, 0.15) is 6.10 Å².